The largest absolute Gasteiger partial charge is 0.480 e. The molecule has 2 aromatic carbocycles. The molecule has 0 unspecified atom stereocenters. The zero-order valence-electron chi connectivity index (χ0n) is 14.8. The fourth-order valence-corrected chi connectivity index (χ4v) is 3.28. The van der Waals surface area contributed by atoms with Gasteiger partial charge in [-0.25, -0.2) is 4.79 Å². The van der Waals surface area contributed by atoms with Crippen LogP contribution in [0.15, 0.2) is 54.6 Å². The highest BCUT2D eigenvalue weighted by Gasteiger charge is 2.26. The molecule has 6 nitrogen and oxygen atoms in total. The summed E-state index contributed by atoms with van der Waals surface area (Å²) in [5, 5.41) is 14.7. The molecule has 0 saturated carbocycles. The van der Waals surface area contributed by atoms with Crippen LogP contribution in [-0.4, -0.2) is 35.0 Å². The zero-order valence-corrected chi connectivity index (χ0v) is 17.0. The van der Waals surface area contributed by atoms with Crippen LogP contribution in [0.3, 0.4) is 0 Å². The Kier molecular flexibility index (Phi) is 7.78. The Hall–Kier alpha value is -2.42. The van der Waals surface area contributed by atoms with Crippen molar-refractivity contribution in [3.8, 4) is 0 Å². The number of rotatable bonds is 8. The van der Waals surface area contributed by atoms with Gasteiger partial charge in [0.15, 0.2) is 0 Å². The summed E-state index contributed by atoms with van der Waals surface area (Å²) >= 11 is 2.15. The van der Waals surface area contributed by atoms with Gasteiger partial charge in [-0.15, -0.1) is 0 Å². The molecule has 0 spiro atoms. The number of carbonyl (C=O) groups is 3. The fourth-order valence-electron chi connectivity index (χ4n) is 2.68. The maximum atomic E-state index is 12.7. The van der Waals surface area contributed by atoms with E-state index in [0.717, 1.165) is 14.7 Å². The Morgan fingerprint density at radius 1 is 0.926 bits per heavy atom. The zero-order chi connectivity index (χ0) is 19.8. The van der Waals surface area contributed by atoms with Crippen molar-refractivity contribution in [1.82, 2.24) is 10.6 Å². The van der Waals surface area contributed by atoms with E-state index in [1.165, 1.54) is 6.92 Å². The van der Waals surface area contributed by atoms with Crippen molar-refractivity contribution in [3.63, 3.8) is 0 Å². The van der Waals surface area contributed by atoms with Gasteiger partial charge >= 0.3 is 5.97 Å². The molecule has 27 heavy (non-hydrogen) atoms. The van der Waals surface area contributed by atoms with Gasteiger partial charge in [0.1, 0.15) is 12.1 Å². The number of benzene rings is 2. The number of carbonyl (C=O) groups excluding carboxylic acids is 2. The Bertz CT molecular complexity index is 811. The summed E-state index contributed by atoms with van der Waals surface area (Å²) < 4.78 is 0.987. The molecule has 7 heteroatoms. The topological polar surface area (TPSA) is 95.5 Å². The predicted octanol–water partition coefficient (Wildman–Crippen LogP) is 2.15. The van der Waals surface area contributed by atoms with Gasteiger partial charge in [-0.1, -0.05) is 42.5 Å². The van der Waals surface area contributed by atoms with E-state index in [4.69, 9.17) is 0 Å². The molecule has 2 rings (SSSR count). The summed E-state index contributed by atoms with van der Waals surface area (Å²) in [4.78, 5) is 35.8. The number of amides is 2. The van der Waals surface area contributed by atoms with Gasteiger partial charge in [0.2, 0.25) is 11.8 Å². The smallest absolute Gasteiger partial charge is 0.326 e. The number of hydrogen-bond acceptors (Lipinski definition) is 3. The molecule has 0 fully saturated rings. The van der Waals surface area contributed by atoms with Crippen molar-refractivity contribution in [1.29, 1.82) is 0 Å². The van der Waals surface area contributed by atoms with Gasteiger partial charge in [0.05, 0.1) is 0 Å². The highest BCUT2D eigenvalue weighted by atomic mass is 127. The quantitative estimate of drug-likeness (QED) is 0.505. The first-order valence-corrected chi connectivity index (χ1v) is 9.51. The van der Waals surface area contributed by atoms with Crippen LogP contribution in [0.25, 0.3) is 0 Å². The first-order valence-electron chi connectivity index (χ1n) is 8.44. The van der Waals surface area contributed by atoms with E-state index in [9.17, 15) is 19.5 Å². The summed E-state index contributed by atoms with van der Waals surface area (Å²) in [6, 6.07) is 14.8. The Labute approximate surface area is 171 Å². The van der Waals surface area contributed by atoms with Gasteiger partial charge in [0.25, 0.3) is 0 Å². The number of carboxylic acids is 1. The second-order valence-corrected chi connectivity index (χ2v) is 7.42. The van der Waals surface area contributed by atoms with E-state index in [1.807, 2.05) is 54.6 Å². The molecule has 0 saturated heterocycles. The van der Waals surface area contributed by atoms with Gasteiger partial charge < -0.3 is 15.7 Å². The standard InChI is InChI=1S/C20H21IN2O4/c1-13(24)22-17(11-14-6-3-2-4-7-14)19(25)23-18(20(26)27)12-15-8-5-9-16(21)10-15/h2-10,17-18H,11-12H2,1H3,(H,22,24)(H,23,25)(H,26,27)/t17-,18+/m0/s1. The van der Waals surface area contributed by atoms with Gasteiger partial charge in [-0.05, 0) is 45.9 Å². The van der Waals surface area contributed by atoms with Crippen LogP contribution in [0.2, 0.25) is 0 Å². The van der Waals surface area contributed by atoms with Crippen LogP contribution >= 0.6 is 22.6 Å². The molecule has 0 heterocycles. The first-order chi connectivity index (χ1) is 12.8. The minimum Gasteiger partial charge on any atom is -0.480 e. The van der Waals surface area contributed by atoms with E-state index < -0.39 is 24.0 Å². The summed E-state index contributed by atoms with van der Waals surface area (Å²) in [7, 11) is 0. The number of aliphatic carboxylic acids is 1. The van der Waals surface area contributed by atoms with Crippen LogP contribution < -0.4 is 10.6 Å². The minimum absolute atomic E-state index is 0.163. The molecule has 0 aromatic heterocycles. The molecule has 2 amide bonds. The van der Waals surface area contributed by atoms with Crippen molar-refractivity contribution in [2.24, 2.45) is 0 Å². The normalized spacial score (nSPS) is 12.7. The Balaban J connectivity index is 2.11. The number of nitrogens with one attached hydrogen (secondary N) is 2. The molecule has 2 atom stereocenters. The number of hydrogen-bond donors (Lipinski definition) is 3. The van der Waals surface area contributed by atoms with Crippen molar-refractivity contribution >= 4 is 40.4 Å². The van der Waals surface area contributed by atoms with E-state index in [0.29, 0.717) is 0 Å². The van der Waals surface area contributed by atoms with Crippen LogP contribution in [0.5, 0.6) is 0 Å². The Morgan fingerprint density at radius 2 is 1.56 bits per heavy atom. The van der Waals surface area contributed by atoms with E-state index in [2.05, 4.69) is 33.2 Å². The van der Waals surface area contributed by atoms with E-state index in [-0.39, 0.29) is 18.7 Å². The van der Waals surface area contributed by atoms with Gasteiger partial charge in [0, 0.05) is 23.3 Å². The van der Waals surface area contributed by atoms with Crippen LogP contribution in [-0.2, 0) is 27.2 Å². The summed E-state index contributed by atoms with van der Waals surface area (Å²) in [6.07, 6.45) is 0.442. The third-order valence-electron chi connectivity index (χ3n) is 3.92. The lowest BCUT2D eigenvalue weighted by molar-refractivity contribution is -0.142. The highest BCUT2D eigenvalue weighted by Crippen LogP contribution is 2.11. The van der Waals surface area contributed by atoms with Gasteiger partial charge in [-0.3, -0.25) is 9.59 Å². The van der Waals surface area contributed by atoms with E-state index >= 15 is 0 Å². The van der Waals surface area contributed by atoms with Crippen LogP contribution in [0, 0.1) is 3.57 Å². The van der Waals surface area contributed by atoms with Crippen molar-refractivity contribution < 1.29 is 19.5 Å². The molecule has 0 aliphatic rings. The molecule has 142 valence electrons. The number of halogens is 1. The van der Waals surface area contributed by atoms with Crippen LogP contribution in [0.1, 0.15) is 18.1 Å². The van der Waals surface area contributed by atoms with Gasteiger partial charge in [-0.2, -0.15) is 0 Å². The third-order valence-corrected chi connectivity index (χ3v) is 4.59. The second kappa shape index (κ2) is 10.1. The molecule has 0 aliphatic carbocycles. The summed E-state index contributed by atoms with van der Waals surface area (Å²) in [5.41, 5.74) is 1.68. The molecule has 0 aliphatic heterocycles. The fraction of sp³-hybridized carbons (Fsp3) is 0.250. The summed E-state index contributed by atoms with van der Waals surface area (Å²) in [6.45, 7) is 1.33. The second-order valence-electron chi connectivity index (χ2n) is 6.18. The molecule has 0 bridgehead atoms. The molecular formula is C20H21IN2O4. The maximum absolute atomic E-state index is 12.7. The Morgan fingerprint density at radius 3 is 2.15 bits per heavy atom. The SMILES string of the molecule is CC(=O)N[C@@H](Cc1ccccc1)C(=O)N[C@H](Cc1cccc(I)c1)C(=O)O. The van der Waals surface area contributed by atoms with E-state index in [1.54, 1.807) is 0 Å². The maximum Gasteiger partial charge on any atom is 0.326 e. The lowest BCUT2D eigenvalue weighted by Crippen LogP contribution is -2.52. The first kappa shape index (κ1) is 20.9. The average Bonchev–Trinajstić information content (AvgIpc) is 2.61. The molecule has 0 radical (unpaired) electrons. The number of carboxylic acid groups (broad SMARTS) is 1. The molecular weight excluding hydrogens is 459 g/mol. The average molecular weight is 480 g/mol. The highest BCUT2D eigenvalue weighted by molar-refractivity contribution is 14.1. The monoisotopic (exact) mass is 480 g/mol. The third kappa shape index (κ3) is 7.01. The lowest BCUT2D eigenvalue weighted by Gasteiger charge is -2.21. The van der Waals surface area contributed by atoms with Crippen LogP contribution in [0.4, 0.5) is 0 Å². The summed E-state index contributed by atoms with van der Waals surface area (Å²) in [5.74, 6) is -1.99. The molecule has 2 aromatic rings. The lowest BCUT2D eigenvalue weighted by atomic mass is 10.0. The minimum atomic E-state index is -1.12. The van der Waals surface area contributed by atoms with Crippen molar-refractivity contribution in [3.05, 3.63) is 69.3 Å². The molecule has 3 N–H and O–H groups in total. The van der Waals surface area contributed by atoms with Crippen molar-refractivity contribution in [2.75, 3.05) is 0 Å². The predicted molar refractivity (Wildman–Crippen MR) is 110 cm³/mol. The van der Waals surface area contributed by atoms with Crippen molar-refractivity contribution in [2.45, 2.75) is 31.8 Å².